The number of halogens is 1. The molecule has 0 N–H and O–H groups in total. The molecule has 1 aliphatic heterocycles. The number of aryl methyl sites for hydroxylation is 1. The summed E-state index contributed by atoms with van der Waals surface area (Å²) in [5.74, 6) is 0.710. The van der Waals surface area contributed by atoms with Crippen molar-refractivity contribution in [2.24, 2.45) is 0 Å². The van der Waals surface area contributed by atoms with Crippen LogP contribution in [0.2, 0.25) is 0 Å². The van der Waals surface area contributed by atoms with Crippen molar-refractivity contribution in [3.05, 3.63) is 29.1 Å². The van der Waals surface area contributed by atoms with E-state index in [1.807, 2.05) is 4.90 Å². The number of nitrogens with zero attached hydrogens (tertiary/aromatic N) is 1. The van der Waals surface area contributed by atoms with E-state index >= 15 is 0 Å². The van der Waals surface area contributed by atoms with Gasteiger partial charge in [-0.25, -0.2) is 4.39 Å². The fraction of sp³-hybridized carbons (Fsp3) is 0.462. The van der Waals surface area contributed by atoms with Crippen LogP contribution in [0.3, 0.4) is 0 Å². The highest BCUT2D eigenvalue weighted by Crippen LogP contribution is 2.26. The van der Waals surface area contributed by atoms with Crippen LogP contribution in [0, 0.1) is 12.7 Å². The first-order chi connectivity index (χ1) is 8.49. The molecule has 1 heterocycles. The highest BCUT2D eigenvalue weighted by Gasteiger charge is 2.20. The van der Waals surface area contributed by atoms with Crippen LogP contribution >= 0.6 is 0 Å². The molecule has 0 aromatic heterocycles. The van der Waals surface area contributed by atoms with Gasteiger partial charge in [0.25, 0.3) is 0 Å². The van der Waals surface area contributed by atoms with Crippen molar-refractivity contribution < 1.29 is 13.4 Å². The zero-order valence-electron chi connectivity index (χ0n) is 10.5. The second kappa shape index (κ2) is 5.18. The third kappa shape index (κ3) is 2.61. The number of anilines is 1. The summed E-state index contributed by atoms with van der Waals surface area (Å²) < 4.78 is 24.9. The van der Waals surface area contributed by atoms with Gasteiger partial charge in [0, 0.05) is 46.6 Å². The van der Waals surface area contributed by atoms with Crippen molar-refractivity contribution in [3.8, 4) is 0 Å². The molecule has 2 rings (SSSR count). The van der Waals surface area contributed by atoms with Crippen LogP contribution in [0.4, 0.5) is 10.1 Å². The maximum Gasteiger partial charge on any atom is 0.161 e. The van der Waals surface area contributed by atoms with Crippen LogP contribution in [-0.4, -0.2) is 34.6 Å². The Morgan fingerprint density at radius 2 is 1.94 bits per heavy atom. The van der Waals surface area contributed by atoms with Gasteiger partial charge in [-0.1, -0.05) is 0 Å². The zero-order valence-corrected chi connectivity index (χ0v) is 11.3. The average molecular weight is 269 g/mol. The lowest BCUT2D eigenvalue weighted by molar-refractivity contribution is 0.101. The van der Waals surface area contributed by atoms with E-state index in [0.29, 0.717) is 35.7 Å². The van der Waals surface area contributed by atoms with Gasteiger partial charge in [-0.2, -0.15) is 0 Å². The van der Waals surface area contributed by atoms with Crippen molar-refractivity contribution in [3.63, 3.8) is 0 Å². The first-order valence-electron chi connectivity index (χ1n) is 5.90. The summed E-state index contributed by atoms with van der Waals surface area (Å²) in [6.07, 6.45) is 0. The normalized spacial score (nSPS) is 16.9. The number of Topliss-reactive ketones (excluding diaryl/α,β-unsaturated/α-hetero) is 1. The van der Waals surface area contributed by atoms with Gasteiger partial charge in [0.2, 0.25) is 0 Å². The fourth-order valence-electron chi connectivity index (χ4n) is 2.09. The number of hydrogen-bond donors (Lipinski definition) is 0. The Balaban J connectivity index is 2.39. The number of ketones is 1. The van der Waals surface area contributed by atoms with Crippen molar-refractivity contribution in [1.82, 2.24) is 0 Å². The summed E-state index contributed by atoms with van der Waals surface area (Å²) in [7, 11) is -0.762. The van der Waals surface area contributed by atoms with Crippen molar-refractivity contribution >= 4 is 22.3 Å². The van der Waals surface area contributed by atoms with Gasteiger partial charge in [-0.15, -0.1) is 0 Å². The third-order valence-corrected chi connectivity index (χ3v) is 4.45. The van der Waals surface area contributed by atoms with E-state index in [-0.39, 0.29) is 11.6 Å². The Morgan fingerprint density at radius 3 is 2.50 bits per heavy atom. The van der Waals surface area contributed by atoms with Crippen LogP contribution in [0.15, 0.2) is 12.1 Å². The second-order valence-corrected chi connectivity index (χ2v) is 6.21. The highest BCUT2D eigenvalue weighted by atomic mass is 32.2. The van der Waals surface area contributed by atoms with Crippen molar-refractivity contribution in [1.29, 1.82) is 0 Å². The van der Waals surface area contributed by atoms with Crippen molar-refractivity contribution in [2.75, 3.05) is 29.5 Å². The monoisotopic (exact) mass is 269 g/mol. The Bertz CT molecular complexity index is 506. The summed E-state index contributed by atoms with van der Waals surface area (Å²) in [4.78, 5) is 13.6. The van der Waals surface area contributed by atoms with Crippen LogP contribution < -0.4 is 4.90 Å². The number of rotatable bonds is 2. The Labute approximate surface area is 108 Å². The summed E-state index contributed by atoms with van der Waals surface area (Å²) >= 11 is 0. The van der Waals surface area contributed by atoms with E-state index in [2.05, 4.69) is 0 Å². The molecule has 18 heavy (non-hydrogen) atoms. The molecule has 0 amide bonds. The molecule has 0 saturated carbocycles. The lowest BCUT2D eigenvalue weighted by Crippen LogP contribution is -2.38. The van der Waals surface area contributed by atoms with E-state index in [1.165, 1.54) is 13.0 Å². The maximum absolute atomic E-state index is 13.5. The first-order valence-corrected chi connectivity index (χ1v) is 7.39. The molecule has 98 valence electrons. The summed E-state index contributed by atoms with van der Waals surface area (Å²) in [5.41, 5.74) is 1.70. The number of carbonyl (C=O) groups is 1. The number of carbonyl (C=O) groups excluding carboxylic acids is 1. The summed E-state index contributed by atoms with van der Waals surface area (Å²) in [5, 5.41) is 0. The molecule has 0 atom stereocenters. The first kappa shape index (κ1) is 13.2. The topological polar surface area (TPSA) is 37.4 Å². The van der Waals surface area contributed by atoms with E-state index in [0.717, 1.165) is 5.69 Å². The predicted octanol–water partition coefficient (Wildman–Crippen LogP) is 1.91. The molecule has 0 bridgehead atoms. The molecule has 3 nitrogen and oxygen atoms in total. The van der Waals surface area contributed by atoms with Crippen LogP contribution in [0.5, 0.6) is 0 Å². The zero-order chi connectivity index (χ0) is 13.3. The van der Waals surface area contributed by atoms with E-state index in [9.17, 15) is 13.4 Å². The predicted molar refractivity (Wildman–Crippen MR) is 71.2 cm³/mol. The Kier molecular flexibility index (Phi) is 3.80. The summed E-state index contributed by atoms with van der Waals surface area (Å²) in [6.45, 7) is 4.43. The Hall–Kier alpha value is -1.23. The lowest BCUT2D eigenvalue weighted by Gasteiger charge is -2.30. The quantitative estimate of drug-likeness (QED) is 0.770. The van der Waals surface area contributed by atoms with Gasteiger partial charge < -0.3 is 4.90 Å². The minimum Gasteiger partial charge on any atom is -0.369 e. The smallest absolute Gasteiger partial charge is 0.161 e. The molecule has 1 fully saturated rings. The second-order valence-electron chi connectivity index (χ2n) is 4.51. The maximum atomic E-state index is 13.5. The molecule has 0 spiro atoms. The van der Waals surface area contributed by atoms with Gasteiger partial charge >= 0.3 is 0 Å². The molecule has 5 heteroatoms. The van der Waals surface area contributed by atoms with Crippen molar-refractivity contribution in [2.45, 2.75) is 13.8 Å². The van der Waals surface area contributed by atoms with Gasteiger partial charge in [0.15, 0.2) is 5.78 Å². The minimum atomic E-state index is -0.762. The molecular weight excluding hydrogens is 253 g/mol. The molecule has 1 saturated heterocycles. The number of hydrogen-bond acceptors (Lipinski definition) is 3. The molecule has 0 aliphatic carbocycles. The molecule has 0 radical (unpaired) electrons. The van der Waals surface area contributed by atoms with E-state index in [1.54, 1.807) is 13.0 Å². The average Bonchev–Trinajstić information content (AvgIpc) is 2.33. The lowest BCUT2D eigenvalue weighted by atomic mass is 10.0. The molecule has 1 aliphatic rings. The molecule has 1 aromatic carbocycles. The van der Waals surface area contributed by atoms with Crippen LogP contribution in [0.1, 0.15) is 22.8 Å². The summed E-state index contributed by atoms with van der Waals surface area (Å²) in [6, 6.07) is 3.01. The van der Waals surface area contributed by atoms with Gasteiger partial charge in [-0.05, 0) is 31.5 Å². The molecule has 0 unspecified atom stereocenters. The van der Waals surface area contributed by atoms with Crippen LogP contribution in [0.25, 0.3) is 0 Å². The van der Waals surface area contributed by atoms with Gasteiger partial charge in [0.05, 0.1) is 0 Å². The van der Waals surface area contributed by atoms with Gasteiger partial charge in [-0.3, -0.25) is 9.00 Å². The Morgan fingerprint density at radius 1 is 1.33 bits per heavy atom. The van der Waals surface area contributed by atoms with E-state index in [4.69, 9.17) is 0 Å². The fourth-order valence-corrected chi connectivity index (χ4v) is 3.14. The number of benzene rings is 1. The SMILES string of the molecule is CC(=O)c1cc(F)c(C)cc1N1CCS(=O)CC1. The highest BCUT2D eigenvalue weighted by molar-refractivity contribution is 7.85. The van der Waals surface area contributed by atoms with Gasteiger partial charge in [0.1, 0.15) is 5.82 Å². The van der Waals surface area contributed by atoms with E-state index < -0.39 is 10.8 Å². The standard InChI is InChI=1S/C13H16FNO2S/c1-9-7-13(11(10(2)16)8-12(9)14)15-3-5-18(17)6-4-15/h7-8H,3-6H2,1-2H3. The molecular formula is C13H16FNO2S. The third-order valence-electron chi connectivity index (χ3n) is 3.17. The minimum absolute atomic E-state index is 0.143. The van der Waals surface area contributed by atoms with Crippen LogP contribution in [-0.2, 0) is 10.8 Å². The molecule has 1 aromatic rings. The largest absolute Gasteiger partial charge is 0.369 e.